The fourth-order valence-corrected chi connectivity index (χ4v) is 2.68. The zero-order chi connectivity index (χ0) is 17.1. The van der Waals surface area contributed by atoms with Crippen LogP contribution in [0, 0.1) is 11.3 Å². The lowest BCUT2D eigenvalue weighted by atomic mass is 10.1. The second kappa shape index (κ2) is 6.42. The van der Waals surface area contributed by atoms with Crippen molar-refractivity contribution in [2.75, 3.05) is 5.32 Å². The van der Waals surface area contributed by atoms with E-state index < -0.39 is 0 Å². The molecule has 0 aliphatic rings. The van der Waals surface area contributed by atoms with Gasteiger partial charge >= 0.3 is 0 Å². The van der Waals surface area contributed by atoms with E-state index in [-0.39, 0.29) is 0 Å². The summed E-state index contributed by atoms with van der Waals surface area (Å²) in [4.78, 5) is 12.8. The fraction of sp³-hybridized carbons (Fsp3) is 0.0526. The first-order chi connectivity index (χ1) is 12.3. The molecule has 6 heteroatoms. The number of nitriles is 1. The third kappa shape index (κ3) is 2.91. The number of benzene rings is 1. The number of aromatic nitrogens is 4. The fourth-order valence-electron chi connectivity index (χ4n) is 2.68. The minimum Gasteiger partial charge on any atom is -0.379 e. The predicted octanol–water partition coefficient (Wildman–Crippen LogP) is 3.30. The molecular weight excluding hydrogens is 312 g/mol. The van der Waals surface area contributed by atoms with Crippen LogP contribution in [0.15, 0.2) is 67.5 Å². The maximum Gasteiger partial charge on any atom is 0.137 e. The lowest BCUT2D eigenvalue weighted by Gasteiger charge is -2.11. The number of nitrogens with zero attached hydrogens (tertiary/aromatic N) is 5. The van der Waals surface area contributed by atoms with E-state index in [9.17, 15) is 5.26 Å². The van der Waals surface area contributed by atoms with Gasteiger partial charge in [-0.25, -0.2) is 9.97 Å². The Hall–Kier alpha value is -3.72. The second-order valence-corrected chi connectivity index (χ2v) is 5.52. The van der Waals surface area contributed by atoms with Crippen molar-refractivity contribution in [1.82, 2.24) is 19.5 Å². The first kappa shape index (κ1) is 14.8. The number of rotatable bonds is 4. The molecule has 0 saturated carbocycles. The van der Waals surface area contributed by atoms with Crippen molar-refractivity contribution in [3.05, 3.63) is 78.6 Å². The lowest BCUT2D eigenvalue weighted by molar-refractivity contribution is 0.978. The molecule has 4 aromatic rings. The molecule has 0 aliphatic carbocycles. The molecule has 0 spiro atoms. The molecule has 3 aromatic heterocycles. The van der Waals surface area contributed by atoms with Gasteiger partial charge in [0.1, 0.15) is 18.2 Å². The standard InChI is InChI=1S/C19H14N6/c20-9-15-12-22-17-4-2-1-3-16(17)19(15)24-11-14-5-6-18(23-10-14)25-8-7-21-13-25/h1-8,10,12-13H,11H2,(H,22,24). The maximum absolute atomic E-state index is 9.37. The van der Waals surface area contributed by atoms with E-state index in [0.29, 0.717) is 12.1 Å². The summed E-state index contributed by atoms with van der Waals surface area (Å²) in [5.74, 6) is 0.813. The number of fused-ring (bicyclic) bond motifs is 1. The van der Waals surface area contributed by atoms with Crippen molar-refractivity contribution in [3.63, 3.8) is 0 Å². The molecule has 0 saturated heterocycles. The molecular formula is C19H14N6. The molecule has 0 fully saturated rings. The normalized spacial score (nSPS) is 10.5. The van der Waals surface area contributed by atoms with Gasteiger partial charge in [-0.05, 0) is 17.7 Å². The summed E-state index contributed by atoms with van der Waals surface area (Å²) in [6.07, 6.45) is 8.70. The summed E-state index contributed by atoms with van der Waals surface area (Å²) in [6, 6.07) is 13.9. The molecule has 4 rings (SSSR count). The van der Waals surface area contributed by atoms with Crippen molar-refractivity contribution in [3.8, 4) is 11.9 Å². The Labute approximate surface area is 144 Å². The van der Waals surface area contributed by atoms with E-state index in [4.69, 9.17) is 0 Å². The van der Waals surface area contributed by atoms with Gasteiger partial charge in [-0.15, -0.1) is 0 Å². The SMILES string of the molecule is N#Cc1cnc2ccccc2c1NCc1ccc(-n2ccnc2)nc1. The number of anilines is 1. The van der Waals surface area contributed by atoms with Crippen molar-refractivity contribution in [2.24, 2.45) is 0 Å². The number of hydrogen-bond donors (Lipinski definition) is 1. The summed E-state index contributed by atoms with van der Waals surface area (Å²) < 4.78 is 1.85. The predicted molar refractivity (Wildman–Crippen MR) is 95.1 cm³/mol. The highest BCUT2D eigenvalue weighted by molar-refractivity contribution is 5.93. The molecule has 25 heavy (non-hydrogen) atoms. The van der Waals surface area contributed by atoms with Gasteiger partial charge in [0.25, 0.3) is 0 Å². The van der Waals surface area contributed by atoms with Crippen molar-refractivity contribution >= 4 is 16.6 Å². The zero-order valence-electron chi connectivity index (χ0n) is 13.3. The van der Waals surface area contributed by atoms with Gasteiger partial charge in [-0.1, -0.05) is 24.3 Å². The Kier molecular flexibility index (Phi) is 3.81. The average Bonchev–Trinajstić information content (AvgIpc) is 3.21. The molecule has 0 unspecified atom stereocenters. The van der Waals surface area contributed by atoms with Gasteiger partial charge in [-0.2, -0.15) is 5.26 Å². The van der Waals surface area contributed by atoms with Crippen molar-refractivity contribution in [2.45, 2.75) is 6.54 Å². The van der Waals surface area contributed by atoms with Crippen LogP contribution in [0.3, 0.4) is 0 Å². The minimum absolute atomic E-state index is 0.529. The average molecular weight is 326 g/mol. The van der Waals surface area contributed by atoms with Gasteiger partial charge in [0, 0.05) is 36.7 Å². The van der Waals surface area contributed by atoms with Gasteiger partial charge in [-0.3, -0.25) is 9.55 Å². The highest BCUT2D eigenvalue weighted by Crippen LogP contribution is 2.25. The number of imidazole rings is 1. The van der Waals surface area contributed by atoms with Crippen LogP contribution in [0.5, 0.6) is 0 Å². The lowest BCUT2D eigenvalue weighted by Crippen LogP contribution is -2.04. The largest absolute Gasteiger partial charge is 0.379 e. The molecule has 0 bridgehead atoms. The van der Waals surface area contributed by atoms with E-state index in [0.717, 1.165) is 28.0 Å². The Morgan fingerprint density at radius 3 is 2.76 bits per heavy atom. The smallest absolute Gasteiger partial charge is 0.137 e. The molecule has 1 aromatic carbocycles. The molecule has 120 valence electrons. The number of para-hydroxylation sites is 1. The topological polar surface area (TPSA) is 79.4 Å². The third-order valence-corrected chi connectivity index (χ3v) is 3.94. The highest BCUT2D eigenvalue weighted by Gasteiger charge is 2.08. The van der Waals surface area contributed by atoms with Crippen LogP contribution in [-0.2, 0) is 6.54 Å². The molecule has 0 radical (unpaired) electrons. The monoisotopic (exact) mass is 326 g/mol. The molecule has 0 aliphatic heterocycles. The van der Waals surface area contributed by atoms with Crippen LogP contribution in [0.25, 0.3) is 16.7 Å². The summed E-state index contributed by atoms with van der Waals surface area (Å²) in [5, 5.41) is 13.7. The first-order valence-electron chi connectivity index (χ1n) is 7.80. The van der Waals surface area contributed by atoms with Crippen molar-refractivity contribution in [1.29, 1.82) is 5.26 Å². The summed E-state index contributed by atoms with van der Waals surface area (Å²) in [5.41, 5.74) is 3.21. The van der Waals surface area contributed by atoms with Gasteiger partial charge < -0.3 is 5.32 Å². The Morgan fingerprint density at radius 2 is 2.00 bits per heavy atom. The van der Waals surface area contributed by atoms with E-state index in [1.807, 2.05) is 53.4 Å². The van der Waals surface area contributed by atoms with Crippen molar-refractivity contribution < 1.29 is 0 Å². The van der Waals surface area contributed by atoms with Crippen LogP contribution >= 0.6 is 0 Å². The zero-order valence-corrected chi connectivity index (χ0v) is 13.3. The molecule has 6 nitrogen and oxygen atoms in total. The van der Waals surface area contributed by atoms with Crippen LogP contribution < -0.4 is 5.32 Å². The van der Waals surface area contributed by atoms with Gasteiger partial charge in [0.2, 0.25) is 0 Å². The van der Waals surface area contributed by atoms with Gasteiger partial charge in [0.15, 0.2) is 0 Å². The maximum atomic E-state index is 9.37. The number of nitrogens with one attached hydrogen (secondary N) is 1. The molecule has 1 N–H and O–H groups in total. The molecule has 3 heterocycles. The number of hydrogen-bond acceptors (Lipinski definition) is 5. The first-order valence-corrected chi connectivity index (χ1v) is 7.80. The van der Waals surface area contributed by atoms with Crippen LogP contribution in [0.2, 0.25) is 0 Å². The Bertz CT molecular complexity index is 1050. The van der Waals surface area contributed by atoms with E-state index in [1.165, 1.54) is 0 Å². The third-order valence-electron chi connectivity index (χ3n) is 3.94. The summed E-state index contributed by atoms with van der Waals surface area (Å²) in [6.45, 7) is 0.569. The quantitative estimate of drug-likeness (QED) is 0.622. The van der Waals surface area contributed by atoms with Crippen LogP contribution in [-0.4, -0.2) is 19.5 Å². The minimum atomic E-state index is 0.529. The summed E-state index contributed by atoms with van der Waals surface area (Å²) in [7, 11) is 0. The van der Waals surface area contributed by atoms with E-state index >= 15 is 0 Å². The van der Waals surface area contributed by atoms with Crippen LogP contribution in [0.4, 0.5) is 5.69 Å². The molecule has 0 atom stereocenters. The Morgan fingerprint density at radius 1 is 1.08 bits per heavy atom. The van der Waals surface area contributed by atoms with E-state index in [1.54, 1.807) is 18.7 Å². The molecule has 0 amide bonds. The Balaban J connectivity index is 1.59. The second-order valence-electron chi connectivity index (χ2n) is 5.52. The number of pyridine rings is 2. The van der Waals surface area contributed by atoms with E-state index in [2.05, 4.69) is 26.3 Å². The highest BCUT2D eigenvalue weighted by atomic mass is 15.1. The summed E-state index contributed by atoms with van der Waals surface area (Å²) >= 11 is 0. The van der Waals surface area contributed by atoms with Gasteiger partial charge in [0.05, 0.1) is 16.8 Å². The van der Waals surface area contributed by atoms with Crippen LogP contribution in [0.1, 0.15) is 11.1 Å².